The van der Waals surface area contributed by atoms with Gasteiger partial charge >= 0.3 is 0 Å². The molecule has 23 heavy (non-hydrogen) atoms. The largest absolute Gasteiger partial charge is 0.383 e. The average molecular weight is 341 g/mol. The second-order valence-corrected chi connectivity index (χ2v) is 8.52. The first-order chi connectivity index (χ1) is 10.7. The molecule has 1 heterocycles. The van der Waals surface area contributed by atoms with Crippen molar-refractivity contribution in [1.82, 2.24) is 4.98 Å². The van der Waals surface area contributed by atoms with Gasteiger partial charge in [-0.25, -0.2) is 13.4 Å². The zero-order chi connectivity index (χ0) is 17.2. The second-order valence-electron chi connectivity index (χ2n) is 6.50. The number of pyridine rings is 1. The number of rotatable bonds is 8. The van der Waals surface area contributed by atoms with Gasteiger partial charge in [-0.3, -0.25) is 4.31 Å². The predicted molar refractivity (Wildman–Crippen MR) is 93.6 cm³/mol. The van der Waals surface area contributed by atoms with Gasteiger partial charge in [-0.05, 0) is 42.9 Å². The Hall–Kier alpha value is -1.34. The minimum absolute atomic E-state index is 0.453. The Labute approximate surface area is 139 Å². The fraction of sp³-hybridized carbons (Fsp3) is 0.688. The fourth-order valence-electron chi connectivity index (χ4n) is 2.56. The van der Waals surface area contributed by atoms with E-state index in [1.807, 2.05) is 13.0 Å². The lowest BCUT2D eigenvalue weighted by molar-refractivity contribution is 0.204. The number of hydrogen-bond acceptors (Lipinski definition) is 5. The molecular formula is C16H27N3O3S. The maximum Gasteiger partial charge on any atom is 0.233 e. The van der Waals surface area contributed by atoms with Crippen molar-refractivity contribution in [2.75, 3.05) is 49.3 Å². The van der Waals surface area contributed by atoms with E-state index in [1.165, 1.54) is 24.0 Å². The van der Waals surface area contributed by atoms with Crippen LogP contribution in [0.1, 0.15) is 18.9 Å². The molecule has 0 bridgehead atoms. The molecule has 130 valence electrons. The number of ether oxygens (including phenoxy) is 1. The molecule has 0 aliphatic heterocycles. The van der Waals surface area contributed by atoms with Gasteiger partial charge in [0.1, 0.15) is 11.6 Å². The first kappa shape index (κ1) is 18.0. The molecule has 1 aliphatic carbocycles. The number of nitrogens with zero attached hydrogens (tertiary/aromatic N) is 3. The minimum atomic E-state index is -3.32. The summed E-state index contributed by atoms with van der Waals surface area (Å²) >= 11 is 0. The minimum Gasteiger partial charge on any atom is -0.383 e. The van der Waals surface area contributed by atoms with Crippen LogP contribution in [0.3, 0.4) is 0 Å². The van der Waals surface area contributed by atoms with Gasteiger partial charge in [0.2, 0.25) is 10.0 Å². The highest BCUT2D eigenvalue weighted by Gasteiger charge is 2.34. The lowest BCUT2D eigenvalue weighted by atomic mass is 10.2. The van der Waals surface area contributed by atoms with Gasteiger partial charge < -0.3 is 9.64 Å². The predicted octanol–water partition coefficient (Wildman–Crippen LogP) is 1.89. The summed E-state index contributed by atoms with van der Waals surface area (Å²) < 4.78 is 30.0. The van der Waals surface area contributed by atoms with Crippen LogP contribution >= 0.6 is 0 Å². The summed E-state index contributed by atoms with van der Waals surface area (Å²) in [6.45, 7) is 6.51. The van der Waals surface area contributed by atoms with E-state index in [4.69, 9.17) is 4.74 Å². The lowest BCUT2D eigenvalue weighted by Crippen LogP contribution is -2.32. The Morgan fingerprint density at radius 3 is 2.48 bits per heavy atom. The molecule has 0 spiro atoms. The summed E-state index contributed by atoms with van der Waals surface area (Å²) in [4.78, 5) is 6.77. The molecule has 2 atom stereocenters. The molecule has 0 amide bonds. The van der Waals surface area contributed by atoms with Crippen molar-refractivity contribution in [3.8, 4) is 0 Å². The lowest BCUT2D eigenvalue weighted by Gasteiger charge is -2.26. The van der Waals surface area contributed by atoms with Crippen molar-refractivity contribution in [2.45, 2.75) is 20.3 Å². The van der Waals surface area contributed by atoms with Crippen LogP contribution in [0.5, 0.6) is 0 Å². The van der Waals surface area contributed by atoms with Crippen LogP contribution in [0.25, 0.3) is 0 Å². The Bertz CT molecular complexity index is 648. The number of methoxy groups -OCH3 is 1. The van der Waals surface area contributed by atoms with Crippen molar-refractivity contribution in [1.29, 1.82) is 0 Å². The third kappa shape index (κ3) is 4.81. The van der Waals surface area contributed by atoms with Crippen molar-refractivity contribution in [3.05, 3.63) is 17.7 Å². The van der Waals surface area contributed by atoms with Gasteiger partial charge in [-0.15, -0.1) is 0 Å². The SMILES string of the molecule is COCCN(C[C@H]1C[C@@H]1C)c1cc(C)cc(N(C)S(C)(=O)=O)n1. The monoisotopic (exact) mass is 341 g/mol. The Balaban J connectivity index is 2.28. The van der Waals surface area contributed by atoms with Gasteiger partial charge in [0.15, 0.2) is 0 Å². The third-order valence-electron chi connectivity index (χ3n) is 4.38. The van der Waals surface area contributed by atoms with Gasteiger partial charge in [0, 0.05) is 27.2 Å². The number of aromatic nitrogens is 1. The molecule has 0 saturated heterocycles. The highest BCUT2D eigenvalue weighted by molar-refractivity contribution is 7.92. The number of anilines is 2. The third-order valence-corrected chi connectivity index (χ3v) is 5.57. The Morgan fingerprint density at radius 2 is 1.96 bits per heavy atom. The summed E-state index contributed by atoms with van der Waals surface area (Å²) in [6.07, 6.45) is 2.43. The van der Waals surface area contributed by atoms with Gasteiger partial charge in [-0.1, -0.05) is 6.92 Å². The fourth-order valence-corrected chi connectivity index (χ4v) is 2.99. The van der Waals surface area contributed by atoms with Crippen LogP contribution in [0.4, 0.5) is 11.6 Å². The van der Waals surface area contributed by atoms with E-state index < -0.39 is 10.0 Å². The molecule has 0 radical (unpaired) electrons. The molecule has 0 unspecified atom stereocenters. The molecular weight excluding hydrogens is 314 g/mol. The van der Waals surface area contributed by atoms with Gasteiger partial charge in [0.05, 0.1) is 12.9 Å². The standard InChI is InChI=1S/C16H27N3O3S/c1-12-8-15(18(3)23(5,20)21)17-16(9-12)19(6-7-22-4)11-14-10-13(14)2/h8-9,13-14H,6-7,10-11H2,1-5H3/t13-,14+/m0/s1. The number of sulfonamides is 1. The van der Waals surface area contributed by atoms with Crippen LogP contribution in [0.15, 0.2) is 12.1 Å². The molecule has 6 nitrogen and oxygen atoms in total. The Morgan fingerprint density at radius 1 is 1.35 bits per heavy atom. The molecule has 1 aromatic heterocycles. The van der Waals surface area contributed by atoms with Crippen molar-refractivity contribution in [2.24, 2.45) is 11.8 Å². The summed E-state index contributed by atoms with van der Waals surface area (Å²) in [5, 5.41) is 0. The normalized spacial score (nSPS) is 20.4. The first-order valence-electron chi connectivity index (χ1n) is 7.89. The van der Waals surface area contributed by atoms with E-state index in [2.05, 4.69) is 16.8 Å². The molecule has 2 rings (SSSR count). The van der Waals surface area contributed by atoms with Gasteiger partial charge in [0.25, 0.3) is 0 Å². The quantitative estimate of drug-likeness (QED) is 0.722. The van der Waals surface area contributed by atoms with Crippen molar-refractivity contribution in [3.63, 3.8) is 0 Å². The molecule has 1 aliphatic rings. The zero-order valence-corrected chi connectivity index (χ0v) is 15.4. The van der Waals surface area contributed by atoms with Crippen LogP contribution in [0, 0.1) is 18.8 Å². The maximum atomic E-state index is 11.8. The Kier molecular flexibility index (Phi) is 5.52. The molecule has 1 saturated carbocycles. The van der Waals surface area contributed by atoms with E-state index >= 15 is 0 Å². The van der Waals surface area contributed by atoms with Crippen LogP contribution in [0.2, 0.25) is 0 Å². The molecule has 1 fully saturated rings. The topological polar surface area (TPSA) is 62.7 Å². The first-order valence-corrected chi connectivity index (χ1v) is 9.73. The summed E-state index contributed by atoms with van der Waals surface area (Å²) in [5.74, 6) is 2.70. The van der Waals surface area contributed by atoms with Crippen molar-refractivity contribution >= 4 is 21.7 Å². The number of aryl methyl sites for hydroxylation is 1. The molecule has 0 N–H and O–H groups in total. The smallest absolute Gasteiger partial charge is 0.233 e. The van der Waals surface area contributed by atoms with E-state index in [-0.39, 0.29) is 0 Å². The second kappa shape index (κ2) is 7.05. The van der Waals surface area contributed by atoms with E-state index in [0.717, 1.165) is 30.4 Å². The van der Waals surface area contributed by atoms with E-state index in [1.54, 1.807) is 13.2 Å². The summed E-state index contributed by atoms with van der Waals surface area (Å²) in [6, 6.07) is 3.79. The van der Waals surface area contributed by atoms with Gasteiger partial charge in [-0.2, -0.15) is 0 Å². The maximum absolute atomic E-state index is 11.8. The highest BCUT2D eigenvalue weighted by atomic mass is 32.2. The van der Waals surface area contributed by atoms with Crippen LogP contribution in [-0.2, 0) is 14.8 Å². The number of hydrogen-bond donors (Lipinski definition) is 0. The average Bonchev–Trinajstić information content (AvgIpc) is 3.16. The van der Waals surface area contributed by atoms with Crippen LogP contribution in [-0.4, -0.2) is 53.5 Å². The molecule has 0 aromatic carbocycles. The summed E-state index contributed by atoms with van der Waals surface area (Å²) in [5.41, 5.74) is 0.992. The molecule has 1 aromatic rings. The van der Waals surface area contributed by atoms with Crippen LogP contribution < -0.4 is 9.21 Å². The van der Waals surface area contributed by atoms with E-state index in [9.17, 15) is 8.42 Å². The molecule has 7 heteroatoms. The summed E-state index contributed by atoms with van der Waals surface area (Å²) in [7, 11) is -0.108. The van der Waals surface area contributed by atoms with E-state index in [0.29, 0.717) is 18.3 Å². The van der Waals surface area contributed by atoms with Crippen molar-refractivity contribution < 1.29 is 13.2 Å². The highest BCUT2D eigenvalue weighted by Crippen LogP contribution is 2.39. The zero-order valence-electron chi connectivity index (χ0n) is 14.6.